The SMILES string of the molecule is CO[Si](C)(C)CCCCCCCCCCCCCCCCC1CCC2OC2C1. The maximum atomic E-state index is 5.65. The second-order valence-electron chi connectivity index (χ2n) is 10.3. The van der Waals surface area contributed by atoms with Crippen molar-refractivity contribution in [2.45, 2.75) is 147 Å². The van der Waals surface area contributed by atoms with Crippen molar-refractivity contribution in [3.63, 3.8) is 0 Å². The van der Waals surface area contributed by atoms with E-state index in [0.717, 1.165) is 5.92 Å². The summed E-state index contributed by atoms with van der Waals surface area (Å²) in [4.78, 5) is 0. The highest BCUT2D eigenvalue weighted by molar-refractivity contribution is 6.71. The third-order valence-electron chi connectivity index (χ3n) is 7.31. The normalized spacial score (nSPS) is 24.3. The molecule has 0 aromatic carbocycles. The average molecular weight is 411 g/mol. The summed E-state index contributed by atoms with van der Waals surface area (Å²) in [5.41, 5.74) is 0. The van der Waals surface area contributed by atoms with Gasteiger partial charge in [-0.05, 0) is 44.3 Å². The maximum Gasteiger partial charge on any atom is 0.186 e. The molecule has 0 bridgehead atoms. The van der Waals surface area contributed by atoms with Gasteiger partial charge in [-0.15, -0.1) is 0 Å². The lowest BCUT2D eigenvalue weighted by atomic mass is 9.85. The van der Waals surface area contributed by atoms with Crippen LogP contribution in [0.2, 0.25) is 19.1 Å². The molecule has 0 amide bonds. The standard InChI is InChI=1S/C25H50O2Si/c1-26-28(2,3)21-17-15-13-11-9-7-5-4-6-8-10-12-14-16-18-23-19-20-24-25(22-23)27-24/h23-25H,4-22H2,1-3H3. The first-order valence-corrected chi connectivity index (χ1v) is 15.9. The molecule has 0 aromatic rings. The van der Waals surface area contributed by atoms with Crippen LogP contribution >= 0.6 is 0 Å². The van der Waals surface area contributed by atoms with Crippen molar-refractivity contribution in [3.8, 4) is 0 Å². The predicted molar refractivity (Wildman–Crippen MR) is 125 cm³/mol. The first-order chi connectivity index (χ1) is 13.6. The number of hydrogen-bond donors (Lipinski definition) is 0. The molecule has 0 aromatic heterocycles. The Morgan fingerprint density at radius 1 is 0.679 bits per heavy atom. The smallest absolute Gasteiger partial charge is 0.186 e. The van der Waals surface area contributed by atoms with Crippen molar-refractivity contribution < 1.29 is 9.16 Å². The van der Waals surface area contributed by atoms with Gasteiger partial charge in [-0.25, -0.2) is 0 Å². The predicted octanol–water partition coefficient (Wildman–Crippen LogP) is 8.26. The molecule has 3 heteroatoms. The van der Waals surface area contributed by atoms with Gasteiger partial charge in [-0.3, -0.25) is 0 Å². The highest BCUT2D eigenvalue weighted by Crippen LogP contribution is 2.41. The molecule has 2 aliphatic rings. The second-order valence-corrected chi connectivity index (χ2v) is 14.8. The van der Waals surface area contributed by atoms with Gasteiger partial charge >= 0.3 is 0 Å². The second kappa shape index (κ2) is 14.2. The molecule has 166 valence electrons. The Balaban J connectivity index is 1.22. The molecule has 3 unspecified atom stereocenters. The van der Waals surface area contributed by atoms with Crippen LogP contribution < -0.4 is 0 Å². The van der Waals surface area contributed by atoms with Gasteiger partial charge < -0.3 is 9.16 Å². The highest BCUT2D eigenvalue weighted by atomic mass is 28.4. The van der Waals surface area contributed by atoms with E-state index in [2.05, 4.69) is 13.1 Å². The largest absolute Gasteiger partial charge is 0.420 e. The van der Waals surface area contributed by atoms with Crippen molar-refractivity contribution in [1.29, 1.82) is 0 Å². The number of ether oxygens (including phenoxy) is 1. The maximum absolute atomic E-state index is 5.65. The Labute approximate surface area is 177 Å². The summed E-state index contributed by atoms with van der Waals surface area (Å²) < 4.78 is 11.3. The molecule has 0 spiro atoms. The van der Waals surface area contributed by atoms with E-state index in [9.17, 15) is 0 Å². The molecule has 0 radical (unpaired) electrons. The highest BCUT2D eigenvalue weighted by Gasteiger charge is 2.43. The van der Waals surface area contributed by atoms with Gasteiger partial charge in [-0.1, -0.05) is 96.3 Å². The lowest BCUT2D eigenvalue weighted by Gasteiger charge is -2.19. The molecule has 1 saturated carbocycles. The van der Waals surface area contributed by atoms with Crippen LogP contribution in [0.5, 0.6) is 0 Å². The van der Waals surface area contributed by atoms with Crippen LogP contribution in [0.15, 0.2) is 0 Å². The van der Waals surface area contributed by atoms with E-state index >= 15 is 0 Å². The summed E-state index contributed by atoms with van der Waals surface area (Å²) in [6.45, 7) is 4.67. The zero-order valence-electron chi connectivity index (χ0n) is 19.5. The molecule has 28 heavy (non-hydrogen) atoms. The van der Waals surface area contributed by atoms with Crippen molar-refractivity contribution >= 4 is 8.32 Å². The monoisotopic (exact) mass is 410 g/mol. The van der Waals surface area contributed by atoms with Crippen molar-refractivity contribution in [1.82, 2.24) is 0 Å². The Morgan fingerprint density at radius 2 is 1.18 bits per heavy atom. The van der Waals surface area contributed by atoms with Crippen LogP contribution in [-0.2, 0) is 9.16 Å². The first kappa shape index (κ1) is 24.4. The topological polar surface area (TPSA) is 21.8 Å². The Hall–Kier alpha value is 0.137. The van der Waals surface area contributed by atoms with E-state index in [-0.39, 0.29) is 0 Å². The fourth-order valence-corrected chi connectivity index (χ4v) is 6.26. The molecule has 1 aliphatic carbocycles. The number of epoxide rings is 1. The Kier molecular flexibility index (Phi) is 12.4. The quantitative estimate of drug-likeness (QED) is 0.129. The average Bonchev–Trinajstić information content (AvgIpc) is 3.46. The van der Waals surface area contributed by atoms with Crippen LogP contribution in [0.3, 0.4) is 0 Å². The van der Waals surface area contributed by atoms with E-state index in [1.54, 1.807) is 0 Å². The van der Waals surface area contributed by atoms with Crippen molar-refractivity contribution in [3.05, 3.63) is 0 Å². The zero-order chi connectivity index (χ0) is 20.1. The van der Waals surface area contributed by atoms with E-state index in [4.69, 9.17) is 9.16 Å². The third kappa shape index (κ3) is 11.4. The molecule has 1 saturated heterocycles. The van der Waals surface area contributed by atoms with E-state index in [1.807, 2.05) is 7.11 Å². The number of rotatable bonds is 18. The fraction of sp³-hybridized carbons (Fsp3) is 1.00. The van der Waals surface area contributed by atoms with Crippen LogP contribution in [0.1, 0.15) is 116 Å². The first-order valence-electron chi connectivity index (χ1n) is 12.8. The van der Waals surface area contributed by atoms with Gasteiger partial charge in [0.15, 0.2) is 8.32 Å². The van der Waals surface area contributed by atoms with Crippen molar-refractivity contribution in [2.24, 2.45) is 5.92 Å². The number of unbranched alkanes of at least 4 members (excludes halogenated alkanes) is 13. The minimum absolute atomic E-state index is 0.675. The van der Waals surface area contributed by atoms with Crippen LogP contribution in [0.25, 0.3) is 0 Å². The summed E-state index contributed by atoms with van der Waals surface area (Å²) in [6, 6.07) is 1.33. The van der Waals surface area contributed by atoms with Gasteiger partial charge in [0, 0.05) is 7.11 Å². The van der Waals surface area contributed by atoms with Gasteiger partial charge in [0.1, 0.15) is 0 Å². The van der Waals surface area contributed by atoms with E-state index in [1.165, 1.54) is 122 Å². The molecular weight excluding hydrogens is 360 g/mol. The molecule has 1 aliphatic heterocycles. The summed E-state index contributed by atoms with van der Waals surface area (Å²) >= 11 is 0. The van der Waals surface area contributed by atoms with Gasteiger partial charge in [0.05, 0.1) is 12.2 Å². The van der Waals surface area contributed by atoms with Gasteiger partial charge in [-0.2, -0.15) is 0 Å². The molecule has 2 nitrogen and oxygen atoms in total. The number of fused-ring (bicyclic) bond motifs is 1. The molecule has 1 heterocycles. The summed E-state index contributed by atoms with van der Waals surface area (Å²) in [7, 11) is 0.595. The summed E-state index contributed by atoms with van der Waals surface area (Å²) in [5.74, 6) is 0.989. The Bertz CT molecular complexity index is 385. The van der Waals surface area contributed by atoms with Crippen LogP contribution in [0, 0.1) is 5.92 Å². The molecule has 3 atom stereocenters. The van der Waals surface area contributed by atoms with Crippen LogP contribution in [0.4, 0.5) is 0 Å². The van der Waals surface area contributed by atoms with Gasteiger partial charge in [0.2, 0.25) is 0 Å². The minimum atomic E-state index is -1.30. The lowest BCUT2D eigenvalue weighted by Crippen LogP contribution is -2.27. The van der Waals surface area contributed by atoms with E-state index in [0.29, 0.717) is 12.2 Å². The lowest BCUT2D eigenvalue weighted by molar-refractivity contribution is 0.343. The molecule has 2 fully saturated rings. The third-order valence-corrected chi connectivity index (χ3v) is 9.97. The minimum Gasteiger partial charge on any atom is -0.420 e. The van der Waals surface area contributed by atoms with E-state index < -0.39 is 8.32 Å². The fourth-order valence-electron chi connectivity index (χ4n) is 4.96. The number of hydrogen-bond acceptors (Lipinski definition) is 2. The van der Waals surface area contributed by atoms with Crippen molar-refractivity contribution in [2.75, 3.05) is 7.11 Å². The summed E-state index contributed by atoms with van der Waals surface area (Å²) in [5, 5.41) is 0. The van der Waals surface area contributed by atoms with Crippen LogP contribution in [-0.4, -0.2) is 27.6 Å². The molecule has 2 rings (SSSR count). The molecule has 0 N–H and O–H groups in total. The summed E-state index contributed by atoms with van der Waals surface area (Å²) in [6.07, 6.45) is 27.3. The molecular formula is C25H50O2Si. The van der Waals surface area contributed by atoms with Gasteiger partial charge in [0.25, 0.3) is 0 Å². The zero-order valence-corrected chi connectivity index (χ0v) is 20.5. The Morgan fingerprint density at radius 3 is 1.68 bits per heavy atom.